The molecule has 2 rings (SSSR count). The van der Waals surface area contributed by atoms with Crippen molar-refractivity contribution in [2.75, 3.05) is 12.4 Å². The highest BCUT2D eigenvalue weighted by atomic mass is 19.1. The number of aromatic nitrogens is 2. The fourth-order valence-corrected chi connectivity index (χ4v) is 1.78. The Bertz CT molecular complexity index is 525. The molecule has 0 radical (unpaired) electrons. The van der Waals surface area contributed by atoms with E-state index in [1.54, 1.807) is 12.3 Å². The third kappa shape index (κ3) is 2.61. The standard InChI is InChI=1S/C13H16FN3O/c1-3-17-7-6-15-13(17)9-16-11-5-4-10(14)8-12(11)18-2/h4-8,16H,3,9H2,1-2H3. The molecule has 0 saturated carbocycles. The predicted molar refractivity (Wildman–Crippen MR) is 68.2 cm³/mol. The van der Waals surface area contributed by atoms with Crippen LogP contribution in [0.25, 0.3) is 0 Å². The molecule has 1 N–H and O–H groups in total. The van der Waals surface area contributed by atoms with Crippen LogP contribution in [0.5, 0.6) is 5.75 Å². The summed E-state index contributed by atoms with van der Waals surface area (Å²) >= 11 is 0. The van der Waals surface area contributed by atoms with Gasteiger partial charge in [-0.3, -0.25) is 0 Å². The van der Waals surface area contributed by atoms with Gasteiger partial charge in [-0.25, -0.2) is 9.37 Å². The Balaban J connectivity index is 2.10. The molecule has 5 heteroatoms. The van der Waals surface area contributed by atoms with Crippen molar-refractivity contribution in [1.82, 2.24) is 9.55 Å². The topological polar surface area (TPSA) is 39.1 Å². The van der Waals surface area contributed by atoms with E-state index in [4.69, 9.17) is 4.74 Å². The van der Waals surface area contributed by atoms with E-state index in [1.807, 2.05) is 10.8 Å². The molecule has 0 aliphatic carbocycles. The molecular formula is C13H16FN3O. The molecule has 1 aromatic heterocycles. The lowest BCUT2D eigenvalue weighted by atomic mass is 10.3. The number of halogens is 1. The number of ether oxygens (including phenoxy) is 1. The number of methoxy groups -OCH3 is 1. The first-order valence-corrected chi connectivity index (χ1v) is 5.82. The smallest absolute Gasteiger partial charge is 0.144 e. The summed E-state index contributed by atoms with van der Waals surface area (Å²) in [6, 6.07) is 4.42. The number of aryl methyl sites for hydroxylation is 1. The van der Waals surface area contributed by atoms with E-state index < -0.39 is 0 Å². The Labute approximate surface area is 105 Å². The maximum Gasteiger partial charge on any atom is 0.144 e. The van der Waals surface area contributed by atoms with E-state index >= 15 is 0 Å². The number of hydrogen-bond donors (Lipinski definition) is 1. The fourth-order valence-electron chi connectivity index (χ4n) is 1.78. The van der Waals surface area contributed by atoms with Gasteiger partial charge in [0.2, 0.25) is 0 Å². The molecule has 2 aromatic rings. The van der Waals surface area contributed by atoms with Gasteiger partial charge in [0.05, 0.1) is 19.3 Å². The van der Waals surface area contributed by atoms with E-state index in [-0.39, 0.29) is 5.82 Å². The van der Waals surface area contributed by atoms with Crippen LogP contribution >= 0.6 is 0 Å². The first-order valence-electron chi connectivity index (χ1n) is 5.82. The lowest BCUT2D eigenvalue weighted by molar-refractivity contribution is 0.413. The first kappa shape index (κ1) is 12.4. The van der Waals surface area contributed by atoms with Crippen LogP contribution in [0, 0.1) is 5.82 Å². The van der Waals surface area contributed by atoms with Crippen LogP contribution < -0.4 is 10.1 Å². The Morgan fingerprint density at radius 1 is 1.44 bits per heavy atom. The van der Waals surface area contributed by atoms with E-state index in [0.717, 1.165) is 18.1 Å². The highest BCUT2D eigenvalue weighted by Crippen LogP contribution is 2.25. The molecule has 0 atom stereocenters. The Morgan fingerprint density at radius 3 is 3.00 bits per heavy atom. The molecule has 96 valence electrons. The molecule has 0 unspecified atom stereocenters. The highest BCUT2D eigenvalue weighted by Gasteiger charge is 2.06. The summed E-state index contributed by atoms with van der Waals surface area (Å²) in [7, 11) is 1.52. The van der Waals surface area contributed by atoms with Gasteiger partial charge in [0.15, 0.2) is 0 Å². The van der Waals surface area contributed by atoms with Crippen LogP contribution in [-0.2, 0) is 13.1 Å². The van der Waals surface area contributed by atoms with Crippen molar-refractivity contribution < 1.29 is 9.13 Å². The zero-order valence-electron chi connectivity index (χ0n) is 10.5. The van der Waals surface area contributed by atoms with Crippen molar-refractivity contribution in [2.24, 2.45) is 0 Å². The number of anilines is 1. The first-order chi connectivity index (χ1) is 8.74. The summed E-state index contributed by atoms with van der Waals surface area (Å²) in [6.45, 7) is 3.50. The van der Waals surface area contributed by atoms with Crippen molar-refractivity contribution in [3.05, 3.63) is 42.2 Å². The third-order valence-corrected chi connectivity index (χ3v) is 2.74. The van der Waals surface area contributed by atoms with Crippen molar-refractivity contribution >= 4 is 5.69 Å². The van der Waals surface area contributed by atoms with E-state index in [2.05, 4.69) is 17.2 Å². The third-order valence-electron chi connectivity index (χ3n) is 2.74. The number of rotatable bonds is 5. The molecule has 0 fully saturated rings. The summed E-state index contributed by atoms with van der Waals surface area (Å²) in [5.74, 6) is 1.11. The van der Waals surface area contributed by atoms with Crippen LogP contribution in [0.4, 0.5) is 10.1 Å². The van der Waals surface area contributed by atoms with E-state index in [0.29, 0.717) is 12.3 Å². The Hall–Kier alpha value is -2.04. The molecule has 18 heavy (non-hydrogen) atoms. The number of nitrogens with zero attached hydrogens (tertiary/aromatic N) is 2. The minimum Gasteiger partial charge on any atom is -0.494 e. The molecule has 0 saturated heterocycles. The minimum absolute atomic E-state index is 0.313. The van der Waals surface area contributed by atoms with Gasteiger partial charge in [0.1, 0.15) is 17.4 Å². The average molecular weight is 249 g/mol. The number of nitrogens with one attached hydrogen (secondary N) is 1. The van der Waals surface area contributed by atoms with Gasteiger partial charge in [0, 0.05) is 25.0 Å². The SMILES string of the molecule is CCn1ccnc1CNc1ccc(F)cc1OC. The molecular weight excluding hydrogens is 233 g/mol. The molecule has 0 amide bonds. The lowest BCUT2D eigenvalue weighted by Crippen LogP contribution is -2.08. The monoisotopic (exact) mass is 249 g/mol. The number of imidazole rings is 1. The summed E-state index contributed by atoms with van der Waals surface area (Å²) in [5.41, 5.74) is 0.754. The van der Waals surface area contributed by atoms with Gasteiger partial charge in [-0.2, -0.15) is 0 Å². The second-order valence-corrected chi connectivity index (χ2v) is 3.83. The van der Waals surface area contributed by atoms with Gasteiger partial charge >= 0.3 is 0 Å². The van der Waals surface area contributed by atoms with Crippen LogP contribution in [0.15, 0.2) is 30.6 Å². The second-order valence-electron chi connectivity index (χ2n) is 3.83. The maximum atomic E-state index is 13.0. The largest absolute Gasteiger partial charge is 0.494 e. The van der Waals surface area contributed by atoms with Crippen LogP contribution in [0.2, 0.25) is 0 Å². The van der Waals surface area contributed by atoms with Gasteiger partial charge in [0.25, 0.3) is 0 Å². The van der Waals surface area contributed by atoms with Gasteiger partial charge in [-0.1, -0.05) is 0 Å². The Kier molecular flexibility index (Phi) is 3.82. The summed E-state index contributed by atoms with van der Waals surface area (Å²) in [6.07, 6.45) is 3.70. The zero-order chi connectivity index (χ0) is 13.0. The van der Waals surface area contributed by atoms with Gasteiger partial charge < -0.3 is 14.6 Å². The normalized spacial score (nSPS) is 10.4. The molecule has 0 bridgehead atoms. The highest BCUT2D eigenvalue weighted by molar-refractivity contribution is 5.56. The fraction of sp³-hybridized carbons (Fsp3) is 0.308. The van der Waals surface area contributed by atoms with Crippen molar-refractivity contribution in [3.8, 4) is 5.75 Å². The van der Waals surface area contributed by atoms with Crippen LogP contribution in [0.1, 0.15) is 12.7 Å². The molecule has 0 spiro atoms. The second kappa shape index (κ2) is 5.53. The number of hydrogen-bond acceptors (Lipinski definition) is 3. The molecule has 0 aliphatic heterocycles. The van der Waals surface area contributed by atoms with Gasteiger partial charge in [-0.15, -0.1) is 0 Å². The molecule has 1 heterocycles. The number of benzene rings is 1. The van der Waals surface area contributed by atoms with Crippen LogP contribution in [-0.4, -0.2) is 16.7 Å². The van der Waals surface area contributed by atoms with Gasteiger partial charge in [-0.05, 0) is 19.1 Å². The van der Waals surface area contributed by atoms with E-state index in [9.17, 15) is 4.39 Å². The molecule has 4 nitrogen and oxygen atoms in total. The summed E-state index contributed by atoms with van der Waals surface area (Å²) < 4.78 is 20.2. The average Bonchev–Trinajstić information content (AvgIpc) is 2.84. The van der Waals surface area contributed by atoms with Crippen molar-refractivity contribution in [3.63, 3.8) is 0 Å². The van der Waals surface area contributed by atoms with Crippen molar-refractivity contribution in [1.29, 1.82) is 0 Å². The predicted octanol–water partition coefficient (Wildman–Crippen LogP) is 2.66. The summed E-state index contributed by atoms with van der Waals surface area (Å²) in [5, 5.41) is 3.19. The minimum atomic E-state index is -0.313. The van der Waals surface area contributed by atoms with Crippen LogP contribution in [0.3, 0.4) is 0 Å². The Morgan fingerprint density at radius 2 is 2.28 bits per heavy atom. The lowest BCUT2D eigenvalue weighted by Gasteiger charge is -2.11. The molecule has 0 aliphatic rings. The maximum absolute atomic E-state index is 13.0. The van der Waals surface area contributed by atoms with E-state index in [1.165, 1.54) is 19.2 Å². The molecule has 1 aromatic carbocycles. The van der Waals surface area contributed by atoms with Crippen molar-refractivity contribution in [2.45, 2.75) is 20.0 Å². The quantitative estimate of drug-likeness (QED) is 0.885. The summed E-state index contributed by atoms with van der Waals surface area (Å²) in [4.78, 5) is 4.26. The zero-order valence-corrected chi connectivity index (χ0v) is 10.5.